The number of carbonyl (C=O) groups excluding carboxylic acids is 1. The zero-order valence-electron chi connectivity index (χ0n) is 14.3. The van der Waals surface area contributed by atoms with Crippen molar-refractivity contribution in [1.29, 1.82) is 0 Å². The van der Waals surface area contributed by atoms with Gasteiger partial charge in [0.2, 0.25) is 0 Å². The Morgan fingerprint density at radius 1 is 1.16 bits per heavy atom. The Balaban J connectivity index is 0.00000182. The molecule has 136 valence electrons. The predicted octanol–water partition coefficient (Wildman–Crippen LogP) is 1.96. The second-order valence-electron chi connectivity index (χ2n) is 6.57. The van der Waals surface area contributed by atoms with Gasteiger partial charge in [-0.15, -0.1) is 23.7 Å². The first-order valence-electron chi connectivity index (χ1n) is 8.69. The summed E-state index contributed by atoms with van der Waals surface area (Å²) < 4.78 is 1.83. The van der Waals surface area contributed by atoms with Gasteiger partial charge >= 0.3 is 0 Å². The number of carbonyl (C=O) groups is 1. The van der Waals surface area contributed by atoms with Gasteiger partial charge in [-0.2, -0.15) is 0 Å². The summed E-state index contributed by atoms with van der Waals surface area (Å²) in [5.41, 5.74) is 0.834. The number of aryl methyl sites for hydroxylation is 2. The maximum Gasteiger partial charge on any atom is 0.264 e. The van der Waals surface area contributed by atoms with Gasteiger partial charge in [0.15, 0.2) is 0 Å². The Morgan fingerprint density at radius 2 is 1.92 bits per heavy atom. The molecule has 1 amide bonds. The molecular formula is C17H23ClN4O2S. The number of fused-ring (bicyclic) bond motifs is 2. The zero-order valence-corrected chi connectivity index (χ0v) is 16.0. The topological polar surface area (TPSA) is 67.2 Å². The molecule has 0 atom stereocenters. The number of halogens is 1. The van der Waals surface area contributed by atoms with Gasteiger partial charge < -0.3 is 10.2 Å². The maximum absolute atomic E-state index is 13.0. The van der Waals surface area contributed by atoms with Crippen LogP contribution in [0.3, 0.4) is 0 Å². The number of thiophene rings is 1. The largest absolute Gasteiger partial charge is 0.335 e. The van der Waals surface area contributed by atoms with E-state index in [1.165, 1.54) is 11.3 Å². The highest BCUT2D eigenvalue weighted by molar-refractivity contribution is 7.20. The third-order valence-electron chi connectivity index (χ3n) is 5.01. The maximum atomic E-state index is 13.0. The zero-order chi connectivity index (χ0) is 16.7. The van der Waals surface area contributed by atoms with Crippen LogP contribution in [0, 0.1) is 6.92 Å². The minimum Gasteiger partial charge on any atom is -0.335 e. The summed E-state index contributed by atoms with van der Waals surface area (Å²) in [4.78, 5) is 33.8. The molecule has 0 unspecified atom stereocenters. The van der Waals surface area contributed by atoms with Crippen molar-refractivity contribution in [3.05, 3.63) is 26.6 Å². The van der Waals surface area contributed by atoms with Crippen LogP contribution >= 0.6 is 23.7 Å². The summed E-state index contributed by atoms with van der Waals surface area (Å²) in [6, 6.07) is 0. The van der Waals surface area contributed by atoms with E-state index >= 15 is 0 Å². The standard InChI is InChI=1S/C17H22N4O2S.ClH/c1-11-13-15(19-12-5-3-2-4-8-21(12)16(13)22)24-14(11)17(23)20-9-6-18-7-10-20;/h18H,2-10H2,1H3;1H. The molecular weight excluding hydrogens is 360 g/mol. The molecule has 0 spiro atoms. The van der Waals surface area contributed by atoms with Gasteiger partial charge in [-0.3, -0.25) is 14.2 Å². The second-order valence-corrected chi connectivity index (χ2v) is 7.57. The number of amides is 1. The predicted molar refractivity (Wildman–Crippen MR) is 102 cm³/mol. The fourth-order valence-electron chi connectivity index (χ4n) is 3.63. The SMILES string of the molecule is Cc1c(C(=O)N2CCNCC2)sc2nc3n(c(=O)c12)CCCCC3.Cl. The lowest BCUT2D eigenvalue weighted by Gasteiger charge is -2.27. The fourth-order valence-corrected chi connectivity index (χ4v) is 4.78. The molecule has 1 saturated heterocycles. The molecule has 1 fully saturated rings. The smallest absolute Gasteiger partial charge is 0.264 e. The molecule has 2 aliphatic rings. The molecule has 1 N–H and O–H groups in total. The Bertz CT molecular complexity index is 854. The summed E-state index contributed by atoms with van der Waals surface area (Å²) >= 11 is 1.38. The Kier molecular flexibility index (Phi) is 5.46. The molecule has 2 aromatic rings. The summed E-state index contributed by atoms with van der Waals surface area (Å²) in [6.45, 7) is 5.72. The van der Waals surface area contributed by atoms with Crippen molar-refractivity contribution in [3.63, 3.8) is 0 Å². The Labute approximate surface area is 156 Å². The number of aromatic nitrogens is 2. The van der Waals surface area contributed by atoms with Crippen molar-refractivity contribution >= 4 is 39.9 Å². The molecule has 6 nitrogen and oxygen atoms in total. The fraction of sp³-hybridized carbons (Fsp3) is 0.588. The van der Waals surface area contributed by atoms with Gasteiger partial charge in [0, 0.05) is 39.1 Å². The molecule has 25 heavy (non-hydrogen) atoms. The number of piperazine rings is 1. The van der Waals surface area contributed by atoms with Crippen LogP contribution in [-0.4, -0.2) is 46.5 Å². The van der Waals surface area contributed by atoms with E-state index < -0.39 is 0 Å². The van der Waals surface area contributed by atoms with Crippen molar-refractivity contribution in [2.45, 2.75) is 39.2 Å². The highest BCUT2D eigenvalue weighted by Gasteiger charge is 2.25. The van der Waals surface area contributed by atoms with Gasteiger partial charge in [-0.05, 0) is 25.3 Å². The third-order valence-corrected chi connectivity index (χ3v) is 6.18. The minimum atomic E-state index is 0. The molecule has 2 aliphatic heterocycles. The quantitative estimate of drug-likeness (QED) is 0.818. The van der Waals surface area contributed by atoms with Crippen LogP contribution in [0.4, 0.5) is 0 Å². The second kappa shape index (κ2) is 7.43. The van der Waals surface area contributed by atoms with E-state index in [1.54, 1.807) is 0 Å². The van der Waals surface area contributed by atoms with Gasteiger partial charge in [-0.25, -0.2) is 4.98 Å². The van der Waals surface area contributed by atoms with Crippen LogP contribution in [0.1, 0.15) is 40.3 Å². The molecule has 4 rings (SSSR count). The van der Waals surface area contributed by atoms with E-state index in [0.717, 1.165) is 74.6 Å². The number of hydrogen-bond donors (Lipinski definition) is 1. The molecule has 2 aromatic heterocycles. The van der Waals surface area contributed by atoms with Gasteiger partial charge in [0.25, 0.3) is 11.5 Å². The van der Waals surface area contributed by atoms with Crippen LogP contribution < -0.4 is 10.9 Å². The molecule has 4 heterocycles. The van der Waals surface area contributed by atoms with Crippen molar-refractivity contribution in [1.82, 2.24) is 19.8 Å². The van der Waals surface area contributed by atoms with Crippen LogP contribution in [0.2, 0.25) is 0 Å². The molecule has 0 aliphatic carbocycles. The number of nitrogens with zero attached hydrogens (tertiary/aromatic N) is 3. The van der Waals surface area contributed by atoms with E-state index in [2.05, 4.69) is 5.32 Å². The molecule has 0 saturated carbocycles. The van der Waals surface area contributed by atoms with E-state index in [1.807, 2.05) is 16.4 Å². The molecule has 0 bridgehead atoms. The summed E-state index contributed by atoms with van der Waals surface area (Å²) in [6.07, 6.45) is 4.09. The minimum absolute atomic E-state index is 0. The molecule has 8 heteroatoms. The van der Waals surface area contributed by atoms with E-state index in [4.69, 9.17) is 4.98 Å². The first-order chi connectivity index (χ1) is 11.7. The highest BCUT2D eigenvalue weighted by atomic mass is 35.5. The van der Waals surface area contributed by atoms with E-state index in [0.29, 0.717) is 10.3 Å². The van der Waals surface area contributed by atoms with Crippen LogP contribution in [0.25, 0.3) is 10.2 Å². The van der Waals surface area contributed by atoms with Crippen LogP contribution in [0.15, 0.2) is 4.79 Å². The normalized spacial score (nSPS) is 17.7. The van der Waals surface area contributed by atoms with E-state index in [9.17, 15) is 9.59 Å². The highest BCUT2D eigenvalue weighted by Crippen LogP contribution is 2.29. The Hall–Kier alpha value is -1.44. The lowest BCUT2D eigenvalue weighted by molar-refractivity contribution is 0.0740. The van der Waals surface area contributed by atoms with Crippen molar-refractivity contribution in [2.75, 3.05) is 26.2 Å². The van der Waals surface area contributed by atoms with Gasteiger partial charge in [-0.1, -0.05) is 6.42 Å². The third kappa shape index (κ3) is 3.20. The molecule has 0 radical (unpaired) electrons. The average molecular weight is 383 g/mol. The number of hydrogen-bond acceptors (Lipinski definition) is 5. The lowest BCUT2D eigenvalue weighted by Crippen LogP contribution is -2.46. The summed E-state index contributed by atoms with van der Waals surface area (Å²) in [7, 11) is 0. The van der Waals surface area contributed by atoms with Crippen molar-refractivity contribution in [2.24, 2.45) is 0 Å². The first kappa shape index (κ1) is 18.4. The Morgan fingerprint density at radius 3 is 2.68 bits per heavy atom. The number of nitrogens with one attached hydrogen (secondary N) is 1. The van der Waals surface area contributed by atoms with Crippen molar-refractivity contribution < 1.29 is 4.79 Å². The number of rotatable bonds is 1. The average Bonchev–Trinajstić information content (AvgIpc) is 2.78. The molecule has 0 aromatic carbocycles. The monoisotopic (exact) mass is 382 g/mol. The van der Waals surface area contributed by atoms with Crippen LogP contribution in [0.5, 0.6) is 0 Å². The van der Waals surface area contributed by atoms with Gasteiger partial charge in [0.1, 0.15) is 10.7 Å². The lowest BCUT2D eigenvalue weighted by atomic mass is 10.2. The summed E-state index contributed by atoms with van der Waals surface area (Å²) in [5, 5.41) is 3.90. The van der Waals surface area contributed by atoms with Crippen LogP contribution in [-0.2, 0) is 13.0 Å². The van der Waals surface area contributed by atoms with Crippen molar-refractivity contribution in [3.8, 4) is 0 Å². The van der Waals surface area contributed by atoms with E-state index in [-0.39, 0.29) is 23.9 Å². The summed E-state index contributed by atoms with van der Waals surface area (Å²) in [5.74, 6) is 0.920. The van der Waals surface area contributed by atoms with Gasteiger partial charge in [0.05, 0.1) is 10.3 Å². The first-order valence-corrected chi connectivity index (χ1v) is 9.51.